The van der Waals surface area contributed by atoms with Gasteiger partial charge in [-0.15, -0.1) is 0 Å². The number of aliphatic hydroxyl groups is 1. The lowest BCUT2D eigenvalue weighted by atomic mass is 9.78. The van der Waals surface area contributed by atoms with Crippen LogP contribution in [0.3, 0.4) is 0 Å². The van der Waals surface area contributed by atoms with E-state index < -0.39 is 24.1 Å². The molecule has 0 saturated carbocycles. The molecular weight excluding hydrogens is 558 g/mol. The normalized spacial score (nSPS) is 28.5. The Morgan fingerprint density at radius 1 is 0.568 bits per heavy atom. The average molecular weight is 624 g/mol. The summed E-state index contributed by atoms with van der Waals surface area (Å²) in [5.41, 5.74) is -1.03. The molecule has 256 valence electrons. The second kappa shape index (κ2) is 12.4. The number of esters is 2. The quantitative estimate of drug-likeness (QED) is 0.218. The third-order valence-corrected chi connectivity index (χ3v) is 11.7. The van der Waals surface area contributed by atoms with Crippen LogP contribution in [0.1, 0.15) is 128 Å². The fraction of sp³-hybridized carbons (Fsp3) is 0.943. The van der Waals surface area contributed by atoms with Gasteiger partial charge in [0.2, 0.25) is 0 Å². The summed E-state index contributed by atoms with van der Waals surface area (Å²) in [6, 6.07) is 0. The molecule has 3 aliphatic heterocycles. The monoisotopic (exact) mass is 623 g/mol. The van der Waals surface area contributed by atoms with Crippen LogP contribution in [0.4, 0.5) is 0 Å². The molecule has 44 heavy (non-hydrogen) atoms. The van der Waals surface area contributed by atoms with Crippen molar-refractivity contribution >= 4 is 11.9 Å². The minimum absolute atomic E-state index is 0.134. The van der Waals surface area contributed by atoms with E-state index in [1.807, 2.05) is 0 Å². The number of carbonyl (C=O) groups excluding carboxylic acids is 2. The van der Waals surface area contributed by atoms with Crippen molar-refractivity contribution in [1.29, 1.82) is 0 Å². The molecule has 3 fully saturated rings. The summed E-state index contributed by atoms with van der Waals surface area (Å²) in [5.74, 6) is -2.57. The molecule has 0 radical (unpaired) electrons. The predicted octanol–water partition coefficient (Wildman–Crippen LogP) is 5.37. The van der Waals surface area contributed by atoms with Gasteiger partial charge in [-0.25, -0.2) is 0 Å². The Labute approximate surface area is 268 Å². The molecule has 1 N–H and O–H groups in total. The Morgan fingerprint density at radius 3 is 1.09 bits per heavy atom. The number of aliphatic hydroxyl groups excluding tert-OH is 1. The summed E-state index contributed by atoms with van der Waals surface area (Å²) in [4.78, 5) is 34.7. The maximum Gasteiger partial charge on any atom is 0.320 e. The summed E-state index contributed by atoms with van der Waals surface area (Å²) in [5, 5.41) is 11.2. The van der Waals surface area contributed by atoms with E-state index >= 15 is 0 Å². The maximum atomic E-state index is 13.9. The molecule has 9 heteroatoms. The van der Waals surface area contributed by atoms with Gasteiger partial charge in [0.1, 0.15) is 12.2 Å². The number of hydrogen-bond donors (Lipinski definition) is 1. The summed E-state index contributed by atoms with van der Waals surface area (Å²) < 4.78 is 18.4. The minimum atomic E-state index is -1.31. The van der Waals surface area contributed by atoms with Crippen molar-refractivity contribution in [2.45, 2.75) is 186 Å². The summed E-state index contributed by atoms with van der Waals surface area (Å²) in [6.45, 7) is 25.8. The van der Waals surface area contributed by atoms with Crippen molar-refractivity contribution < 1.29 is 28.9 Å². The van der Waals surface area contributed by atoms with Crippen LogP contribution in [-0.2, 0) is 23.8 Å². The number of ether oxygens (including phenoxy) is 3. The average Bonchev–Trinajstić information content (AvgIpc) is 2.81. The van der Waals surface area contributed by atoms with Gasteiger partial charge in [-0.05, 0) is 117 Å². The van der Waals surface area contributed by atoms with Crippen molar-refractivity contribution in [3.05, 3.63) is 0 Å². The van der Waals surface area contributed by atoms with Gasteiger partial charge >= 0.3 is 11.9 Å². The number of hydrogen-bond acceptors (Lipinski definition) is 9. The fourth-order valence-corrected chi connectivity index (χ4v) is 8.36. The van der Waals surface area contributed by atoms with Crippen LogP contribution in [0, 0.1) is 5.92 Å². The molecule has 9 nitrogen and oxygen atoms in total. The molecule has 0 aromatic rings. The molecule has 3 saturated heterocycles. The SMILES string of the molecule is CN1C(C)(C)CC(OC(=O)C(CC(O)OC2CC(C)(C)N(C)C(C)(C)C2)C(=O)OC2CC(C)(C)N(C)C(C)(C)C2)CC1(C)C. The zero-order valence-electron chi connectivity index (χ0n) is 30.7. The Kier molecular flexibility index (Phi) is 10.5. The third kappa shape index (κ3) is 8.17. The van der Waals surface area contributed by atoms with Gasteiger partial charge in [0.05, 0.1) is 6.10 Å². The largest absolute Gasteiger partial charge is 0.462 e. The van der Waals surface area contributed by atoms with Gasteiger partial charge < -0.3 is 19.3 Å². The van der Waals surface area contributed by atoms with E-state index in [1.54, 1.807) is 0 Å². The summed E-state index contributed by atoms with van der Waals surface area (Å²) >= 11 is 0. The second-order valence-corrected chi connectivity index (χ2v) is 17.9. The third-order valence-electron chi connectivity index (χ3n) is 11.7. The van der Waals surface area contributed by atoms with Crippen molar-refractivity contribution in [2.24, 2.45) is 5.92 Å². The first-order valence-corrected chi connectivity index (χ1v) is 16.7. The van der Waals surface area contributed by atoms with Crippen molar-refractivity contribution in [3.8, 4) is 0 Å². The Balaban J connectivity index is 1.80. The number of piperidine rings is 3. The first kappa shape index (κ1) is 37.2. The molecule has 3 rings (SSSR count). The van der Waals surface area contributed by atoms with Crippen LogP contribution in [0.15, 0.2) is 0 Å². The van der Waals surface area contributed by atoms with E-state index in [4.69, 9.17) is 14.2 Å². The highest BCUT2D eigenvalue weighted by Gasteiger charge is 2.49. The number of likely N-dealkylation sites (tertiary alicyclic amines) is 3. The van der Waals surface area contributed by atoms with Gasteiger partial charge in [0.15, 0.2) is 12.2 Å². The molecule has 0 amide bonds. The van der Waals surface area contributed by atoms with E-state index in [1.165, 1.54) is 0 Å². The summed E-state index contributed by atoms with van der Waals surface area (Å²) in [7, 11) is 6.32. The highest BCUT2D eigenvalue weighted by Crippen LogP contribution is 2.41. The topological polar surface area (TPSA) is 91.8 Å². The van der Waals surface area contributed by atoms with Gasteiger partial charge in [-0.3, -0.25) is 24.3 Å². The first-order valence-electron chi connectivity index (χ1n) is 16.7. The van der Waals surface area contributed by atoms with E-state index in [0.717, 1.165) is 12.8 Å². The molecule has 0 spiro atoms. The van der Waals surface area contributed by atoms with E-state index in [0.29, 0.717) is 25.7 Å². The molecule has 0 aromatic heterocycles. The molecule has 1 unspecified atom stereocenters. The van der Waals surface area contributed by atoms with E-state index in [2.05, 4.69) is 119 Å². The lowest BCUT2D eigenvalue weighted by molar-refractivity contribution is -0.198. The molecule has 3 aliphatic rings. The van der Waals surface area contributed by atoms with Crippen LogP contribution in [0.2, 0.25) is 0 Å². The van der Waals surface area contributed by atoms with Gasteiger partial charge in [0, 0.05) is 65.3 Å². The second-order valence-electron chi connectivity index (χ2n) is 17.9. The highest BCUT2D eigenvalue weighted by atomic mass is 16.6. The Bertz CT molecular complexity index is 941. The van der Waals surface area contributed by atoms with Crippen molar-refractivity contribution in [2.75, 3.05) is 21.1 Å². The molecule has 1 atom stereocenters. The van der Waals surface area contributed by atoms with Crippen molar-refractivity contribution in [3.63, 3.8) is 0 Å². The molecule has 3 heterocycles. The zero-order valence-corrected chi connectivity index (χ0v) is 30.7. The highest BCUT2D eigenvalue weighted by molar-refractivity contribution is 5.95. The van der Waals surface area contributed by atoms with Gasteiger partial charge in [-0.1, -0.05) is 0 Å². The van der Waals surface area contributed by atoms with E-state index in [-0.39, 0.29) is 58.0 Å². The Morgan fingerprint density at radius 2 is 0.818 bits per heavy atom. The lowest BCUT2D eigenvalue weighted by Gasteiger charge is -2.53. The summed E-state index contributed by atoms with van der Waals surface area (Å²) in [6.07, 6.45) is 1.61. The first-order chi connectivity index (χ1) is 19.7. The van der Waals surface area contributed by atoms with Crippen LogP contribution in [0.25, 0.3) is 0 Å². The van der Waals surface area contributed by atoms with Crippen LogP contribution < -0.4 is 0 Å². The van der Waals surface area contributed by atoms with Gasteiger partial charge in [-0.2, -0.15) is 0 Å². The number of carbonyl (C=O) groups is 2. The molecule has 0 aromatic carbocycles. The number of nitrogens with zero attached hydrogens (tertiary/aromatic N) is 3. The minimum Gasteiger partial charge on any atom is -0.462 e. The van der Waals surface area contributed by atoms with Crippen LogP contribution in [-0.4, -0.2) is 111 Å². The van der Waals surface area contributed by atoms with E-state index in [9.17, 15) is 14.7 Å². The van der Waals surface area contributed by atoms with Crippen molar-refractivity contribution in [1.82, 2.24) is 14.7 Å². The molecular formula is C35H65N3O6. The molecule has 0 bridgehead atoms. The fourth-order valence-electron chi connectivity index (χ4n) is 8.36. The zero-order chi connectivity index (χ0) is 33.8. The van der Waals surface area contributed by atoms with Crippen LogP contribution in [0.5, 0.6) is 0 Å². The van der Waals surface area contributed by atoms with Crippen LogP contribution >= 0.6 is 0 Å². The molecule has 0 aliphatic carbocycles. The standard InChI is InChI=1S/C35H65N3O6/c1-30(2)17-23(18-31(3,4)36(30)13)42-27(39)16-26(28(40)43-24-19-32(5,6)37(14)33(7,8)20-24)29(41)44-25-21-34(9,10)38(15)35(11,12)22-25/h23-27,39H,16-22H2,1-15H3. The number of rotatable bonds is 8. The lowest BCUT2D eigenvalue weighted by Crippen LogP contribution is -2.61. The maximum absolute atomic E-state index is 13.9. The predicted molar refractivity (Wildman–Crippen MR) is 174 cm³/mol. The van der Waals surface area contributed by atoms with Gasteiger partial charge in [0.25, 0.3) is 0 Å². The Hall–Kier alpha value is -1.26. The smallest absolute Gasteiger partial charge is 0.320 e.